The molecule has 0 unspecified atom stereocenters. The van der Waals surface area contributed by atoms with Crippen LogP contribution < -0.4 is 4.90 Å². The minimum atomic E-state index is -0.571. The largest absolute Gasteiger partial charge is 0.459 e. The highest BCUT2D eigenvalue weighted by Crippen LogP contribution is 2.50. The molecule has 1 N–H and O–H groups in total. The molecule has 0 spiro atoms. The summed E-state index contributed by atoms with van der Waals surface area (Å²) in [5.74, 6) is -0.830. The molecule has 206 valence electrons. The van der Waals surface area contributed by atoms with Crippen molar-refractivity contribution >= 4 is 29.3 Å². The summed E-state index contributed by atoms with van der Waals surface area (Å²) in [7, 11) is 1.61. The number of imide groups is 1. The number of methoxy groups -OCH3 is 1. The second-order valence-electron chi connectivity index (χ2n) is 10.2. The molecule has 0 bridgehead atoms. The molecule has 0 radical (unpaired) electrons. The van der Waals surface area contributed by atoms with Crippen molar-refractivity contribution in [1.29, 1.82) is 0 Å². The summed E-state index contributed by atoms with van der Waals surface area (Å²) in [6.45, 7) is 2.61. The van der Waals surface area contributed by atoms with Gasteiger partial charge in [-0.25, -0.2) is 4.90 Å². The van der Waals surface area contributed by atoms with Crippen molar-refractivity contribution in [3.63, 3.8) is 0 Å². The van der Waals surface area contributed by atoms with Crippen LogP contribution >= 0.6 is 0 Å². The molecule has 1 aromatic carbocycles. The second kappa shape index (κ2) is 11.3. The number of non-ortho nitro benzene ring substituents is 1. The van der Waals surface area contributed by atoms with Crippen LogP contribution in [0.3, 0.4) is 0 Å². The van der Waals surface area contributed by atoms with Crippen molar-refractivity contribution < 1.29 is 33.5 Å². The molecule has 2 amide bonds. The molecule has 2 aliphatic heterocycles. The number of carbonyl (C=O) groups excluding carboxylic acids is 2. The number of rotatable bonds is 10. The predicted octanol–water partition coefficient (Wildman–Crippen LogP) is 4.42. The monoisotopic (exact) mass is 536 g/mol. The van der Waals surface area contributed by atoms with Crippen molar-refractivity contribution in [2.45, 2.75) is 45.3 Å². The van der Waals surface area contributed by atoms with Crippen LogP contribution in [0.5, 0.6) is 0 Å². The molecule has 10 nitrogen and oxygen atoms in total. The molecular formula is C29H32N2O8. The number of carbonyl (C=O) groups is 2. The highest BCUT2D eigenvalue weighted by atomic mass is 16.6. The van der Waals surface area contributed by atoms with Gasteiger partial charge in [0.1, 0.15) is 18.1 Å². The summed E-state index contributed by atoms with van der Waals surface area (Å²) in [5, 5.41) is 20.6. The summed E-state index contributed by atoms with van der Waals surface area (Å²) in [6, 6.07) is 9.23. The Hall–Kier alpha value is -3.60. The number of furan rings is 1. The van der Waals surface area contributed by atoms with Gasteiger partial charge in [-0.2, -0.15) is 0 Å². The number of aliphatic hydroxyl groups excluding tert-OH is 1. The van der Waals surface area contributed by atoms with Crippen LogP contribution in [-0.4, -0.2) is 48.3 Å². The quantitative estimate of drug-likeness (QED) is 0.204. The highest BCUT2D eigenvalue weighted by Gasteiger charge is 2.57. The number of fused-ring (bicyclic) bond motifs is 3. The van der Waals surface area contributed by atoms with E-state index >= 15 is 0 Å². The van der Waals surface area contributed by atoms with E-state index < -0.39 is 16.8 Å². The van der Waals surface area contributed by atoms with Gasteiger partial charge in [-0.3, -0.25) is 19.7 Å². The maximum atomic E-state index is 13.7. The molecule has 4 atom stereocenters. The predicted molar refractivity (Wildman–Crippen MR) is 141 cm³/mol. The molecule has 0 saturated carbocycles. The first kappa shape index (κ1) is 27.0. The maximum absolute atomic E-state index is 13.7. The van der Waals surface area contributed by atoms with E-state index in [1.807, 2.05) is 12.1 Å². The van der Waals surface area contributed by atoms with Gasteiger partial charge in [0.25, 0.3) is 5.69 Å². The van der Waals surface area contributed by atoms with Gasteiger partial charge in [-0.1, -0.05) is 18.6 Å². The Bertz CT molecular complexity index is 1340. The van der Waals surface area contributed by atoms with Crippen LogP contribution in [0.1, 0.15) is 44.1 Å². The van der Waals surface area contributed by atoms with Crippen LogP contribution in [0.25, 0.3) is 6.08 Å². The Kier molecular flexibility index (Phi) is 7.79. The third-order valence-electron chi connectivity index (χ3n) is 7.99. The second-order valence-corrected chi connectivity index (χ2v) is 10.2. The van der Waals surface area contributed by atoms with E-state index in [9.17, 15) is 24.8 Å². The number of amides is 2. The lowest BCUT2D eigenvalue weighted by Crippen LogP contribution is -2.35. The molecule has 1 aliphatic carbocycles. The first-order valence-electron chi connectivity index (χ1n) is 13.2. The molecular weight excluding hydrogens is 504 g/mol. The van der Waals surface area contributed by atoms with Gasteiger partial charge >= 0.3 is 0 Å². The minimum absolute atomic E-state index is 0.148. The van der Waals surface area contributed by atoms with E-state index in [0.29, 0.717) is 37.6 Å². The number of hydrogen-bond donors (Lipinski definition) is 1. The highest BCUT2D eigenvalue weighted by molar-refractivity contribution is 6.22. The number of benzene rings is 1. The molecule has 2 saturated heterocycles. The van der Waals surface area contributed by atoms with Crippen LogP contribution in [0.2, 0.25) is 0 Å². The minimum Gasteiger partial charge on any atom is -0.459 e. The zero-order chi connectivity index (χ0) is 27.7. The van der Waals surface area contributed by atoms with Gasteiger partial charge in [0.15, 0.2) is 0 Å². The Morgan fingerprint density at radius 3 is 2.74 bits per heavy atom. The number of nitrogens with zero attached hydrogens (tertiary/aromatic N) is 2. The van der Waals surface area contributed by atoms with Crippen LogP contribution in [0, 0.1) is 27.9 Å². The number of ether oxygens (including phenoxy) is 2. The molecule has 1 aromatic heterocycles. The summed E-state index contributed by atoms with van der Waals surface area (Å²) in [6.07, 6.45) is 4.48. The fourth-order valence-corrected chi connectivity index (χ4v) is 6.21. The normalized spacial score (nSPS) is 24.9. The molecule has 39 heavy (non-hydrogen) atoms. The van der Waals surface area contributed by atoms with E-state index in [1.54, 1.807) is 19.2 Å². The molecule has 3 heterocycles. The number of nitro groups is 1. The smallest absolute Gasteiger partial charge is 0.271 e. The molecule has 2 fully saturated rings. The fourth-order valence-electron chi connectivity index (χ4n) is 6.21. The number of anilines is 1. The van der Waals surface area contributed by atoms with Gasteiger partial charge in [0.2, 0.25) is 11.8 Å². The first-order chi connectivity index (χ1) is 18.9. The van der Waals surface area contributed by atoms with Crippen molar-refractivity contribution in [2.24, 2.45) is 17.8 Å². The topological polar surface area (TPSA) is 132 Å². The SMILES string of the molecule is CC/C(=C\c1ccc(CO)o1)CC[C@H]1OC[C@H]2C1=C(COC)C[C@H]1C(=O)N(c3cccc([N+](=O)[O-])c3)C(=O)[C@H]12. The zero-order valence-corrected chi connectivity index (χ0v) is 22.0. The van der Waals surface area contributed by atoms with Gasteiger partial charge in [0.05, 0.1) is 41.8 Å². The Labute approximate surface area is 226 Å². The Morgan fingerprint density at radius 2 is 2.05 bits per heavy atom. The Morgan fingerprint density at radius 1 is 1.23 bits per heavy atom. The van der Waals surface area contributed by atoms with Crippen molar-refractivity contribution in [1.82, 2.24) is 0 Å². The molecule has 5 rings (SSSR count). The van der Waals surface area contributed by atoms with Gasteiger partial charge in [0, 0.05) is 25.2 Å². The van der Waals surface area contributed by atoms with Crippen LogP contribution in [-0.2, 0) is 25.7 Å². The van der Waals surface area contributed by atoms with Crippen LogP contribution in [0.15, 0.2) is 57.5 Å². The van der Waals surface area contributed by atoms with Crippen molar-refractivity contribution in [3.05, 3.63) is 74.8 Å². The molecule has 2 aromatic rings. The van der Waals surface area contributed by atoms with Gasteiger partial charge < -0.3 is 19.0 Å². The molecule has 10 heteroatoms. The average Bonchev–Trinajstić information content (AvgIpc) is 3.63. The lowest BCUT2D eigenvalue weighted by molar-refractivity contribution is -0.384. The summed E-state index contributed by atoms with van der Waals surface area (Å²) in [5.41, 5.74) is 3.27. The zero-order valence-electron chi connectivity index (χ0n) is 22.0. The molecule has 3 aliphatic rings. The van der Waals surface area contributed by atoms with E-state index in [2.05, 4.69) is 6.92 Å². The standard InChI is InChI=1S/C29H32N2O8/c1-3-17(11-21-8-9-22(14-32)39-21)7-10-25-26-18(15-37-2)12-23-27(24(26)16-38-25)29(34)30(28(23)33)19-5-4-6-20(13-19)31(35)36/h4-6,8-9,11,13,23-25,27,32H,3,7,10,12,14-16H2,1-2H3/b17-11+/t23-,24+,25-,27-/m1/s1. The van der Waals surface area contributed by atoms with E-state index in [-0.39, 0.29) is 41.8 Å². The van der Waals surface area contributed by atoms with E-state index in [4.69, 9.17) is 13.9 Å². The number of nitro benzene ring substituents is 1. The number of allylic oxidation sites excluding steroid dienone is 1. The third kappa shape index (κ3) is 5.07. The number of aliphatic hydroxyl groups is 1. The van der Waals surface area contributed by atoms with E-state index in [1.165, 1.54) is 23.8 Å². The van der Waals surface area contributed by atoms with Crippen LogP contribution in [0.4, 0.5) is 11.4 Å². The summed E-state index contributed by atoms with van der Waals surface area (Å²) >= 11 is 0. The fraction of sp³-hybridized carbons (Fsp3) is 0.448. The van der Waals surface area contributed by atoms with Gasteiger partial charge in [-0.05, 0) is 61.1 Å². The maximum Gasteiger partial charge on any atom is 0.271 e. The lowest BCUT2D eigenvalue weighted by Gasteiger charge is -2.31. The van der Waals surface area contributed by atoms with E-state index in [0.717, 1.165) is 28.9 Å². The third-order valence-corrected chi connectivity index (χ3v) is 7.99. The average molecular weight is 537 g/mol. The van der Waals surface area contributed by atoms with Crippen molar-refractivity contribution in [3.8, 4) is 0 Å². The Balaban J connectivity index is 1.38. The van der Waals surface area contributed by atoms with Crippen molar-refractivity contribution in [2.75, 3.05) is 25.2 Å². The summed E-state index contributed by atoms with van der Waals surface area (Å²) < 4.78 is 17.4. The number of hydrogen-bond acceptors (Lipinski definition) is 8. The van der Waals surface area contributed by atoms with Gasteiger partial charge in [-0.15, -0.1) is 0 Å². The summed E-state index contributed by atoms with van der Waals surface area (Å²) in [4.78, 5) is 39.0. The first-order valence-corrected chi connectivity index (χ1v) is 13.2. The lowest BCUT2D eigenvalue weighted by atomic mass is 9.69.